The van der Waals surface area contributed by atoms with Crippen LogP contribution in [0.15, 0.2) is 0 Å². The first-order chi connectivity index (χ1) is 18.8. The van der Waals surface area contributed by atoms with Gasteiger partial charge in [0, 0.05) is 25.2 Å². The van der Waals surface area contributed by atoms with Crippen LogP contribution in [0.25, 0.3) is 0 Å². The molecular weight excluding hydrogens is 524 g/mol. The van der Waals surface area contributed by atoms with Gasteiger partial charge < -0.3 is 34.6 Å². The van der Waals surface area contributed by atoms with Crippen LogP contribution >= 0.6 is 0 Å². The number of ether oxygens (including phenoxy) is 3. The smallest absolute Gasteiger partial charge is 0.335 e. The molecule has 0 bridgehead atoms. The number of hydrogen-bond acceptors (Lipinski definition) is 10. The van der Waals surface area contributed by atoms with Gasteiger partial charge in [0.15, 0.2) is 18.2 Å². The fourth-order valence-corrected chi connectivity index (χ4v) is 9.29. The Labute approximate surface area is 233 Å². The summed E-state index contributed by atoms with van der Waals surface area (Å²) in [6, 6.07) is 0. The normalized spacial score (nSPS) is 48.5. The lowest BCUT2D eigenvalue weighted by Gasteiger charge is -2.56. The molecule has 0 aromatic carbocycles. The highest BCUT2D eigenvalue weighted by Crippen LogP contribution is 2.64. The third-order valence-electron chi connectivity index (χ3n) is 11.0. The van der Waals surface area contributed by atoms with E-state index in [9.17, 15) is 39.6 Å². The largest absolute Gasteiger partial charge is 0.479 e. The second-order valence-electron chi connectivity index (χ2n) is 13.2. The molecule has 0 aromatic rings. The minimum Gasteiger partial charge on any atom is -0.479 e. The average molecular weight is 567 g/mol. The fourth-order valence-electron chi connectivity index (χ4n) is 9.29. The van der Waals surface area contributed by atoms with Crippen molar-refractivity contribution in [1.82, 2.24) is 0 Å². The number of carboxylic acid groups (broad SMARTS) is 1. The maximum absolute atomic E-state index is 13.8. The van der Waals surface area contributed by atoms with E-state index in [1.807, 2.05) is 6.92 Å². The Hall–Kier alpha value is -1.92. The van der Waals surface area contributed by atoms with Crippen LogP contribution in [-0.2, 0) is 33.4 Å². The Kier molecular flexibility index (Phi) is 8.17. The number of fused-ring (bicyclic) bond motifs is 5. The molecule has 11 nitrogen and oxygen atoms in total. The number of carbonyl (C=O) groups excluding carboxylic acids is 3. The molecule has 1 unspecified atom stereocenters. The Bertz CT molecular complexity index is 1030. The average Bonchev–Trinajstić information content (AvgIpc) is 3.23. The van der Waals surface area contributed by atoms with E-state index in [1.165, 1.54) is 6.92 Å². The maximum atomic E-state index is 13.8. The van der Waals surface area contributed by atoms with Crippen LogP contribution < -0.4 is 0 Å². The number of rotatable bonds is 6. The molecule has 4 aliphatic carbocycles. The molecule has 0 spiro atoms. The second kappa shape index (κ2) is 11.1. The lowest BCUT2D eigenvalue weighted by Crippen LogP contribution is -2.60. The quantitative estimate of drug-likeness (QED) is 0.338. The van der Waals surface area contributed by atoms with E-state index in [1.54, 1.807) is 0 Å². The third-order valence-corrected chi connectivity index (χ3v) is 11.0. The van der Waals surface area contributed by atoms with Gasteiger partial charge in [0.2, 0.25) is 0 Å². The summed E-state index contributed by atoms with van der Waals surface area (Å²) >= 11 is 0. The molecule has 224 valence electrons. The van der Waals surface area contributed by atoms with Gasteiger partial charge in [-0.2, -0.15) is 0 Å². The van der Waals surface area contributed by atoms with Gasteiger partial charge in [-0.15, -0.1) is 0 Å². The van der Waals surface area contributed by atoms with Gasteiger partial charge >= 0.3 is 11.9 Å². The summed E-state index contributed by atoms with van der Waals surface area (Å²) in [7, 11) is 0. The van der Waals surface area contributed by atoms with Crippen molar-refractivity contribution in [2.75, 3.05) is 6.61 Å². The Morgan fingerprint density at radius 3 is 2.38 bits per heavy atom. The predicted molar refractivity (Wildman–Crippen MR) is 136 cm³/mol. The zero-order valence-electron chi connectivity index (χ0n) is 23.3. The minimum atomic E-state index is -1.84. The van der Waals surface area contributed by atoms with Crippen LogP contribution in [0, 0.1) is 46.8 Å². The van der Waals surface area contributed by atoms with Crippen molar-refractivity contribution in [3.05, 3.63) is 0 Å². The second-order valence-corrected chi connectivity index (χ2v) is 13.2. The van der Waals surface area contributed by atoms with E-state index < -0.39 is 54.6 Å². The Morgan fingerprint density at radius 2 is 1.70 bits per heavy atom. The summed E-state index contributed by atoms with van der Waals surface area (Å²) in [6.45, 7) is 5.23. The molecule has 1 heterocycles. The van der Waals surface area contributed by atoms with Crippen LogP contribution in [0.3, 0.4) is 0 Å². The highest BCUT2D eigenvalue weighted by molar-refractivity contribution is 5.88. The van der Waals surface area contributed by atoms with Crippen LogP contribution in [0.2, 0.25) is 0 Å². The molecule has 14 atom stereocenters. The van der Waals surface area contributed by atoms with E-state index in [0.29, 0.717) is 24.7 Å². The van der Waals surface area contributed by atoms with Crippen LogP contribution in [0.4, 0.5) is 0 Å². The molecule has 4 saturated carbocycles. The van der Waals surface area contributed by atoms with Gasteiger partial charge in [0.25, 0.3) is 0 Å². The van der Waals surface area contributed by atoms with Gasteiger partial charge in [-0.05, 0) is 73.5 Å². The van der Waals surface area contributed by atoms with Crippen molar-refractivity contribution in [3.8, 4) is 0 Å². The maximum Gasteiger partial charge on any atom is 0.335 e. The molecule has 40 heavy (non-hydrogen) atoms. The van der Waals surface area contributed by atoms with E-state index in [2.05, 4.69) is 6.92 Å². The molecule has 0 aromatic heterocycles. The molecule has 1 aliphatic heterocycles. The molecule has 0 amide bonds. The van der Waals surface area contributed by atoms with E-state index in [-0.39, 0.29) is 47.3 Å². The minimum absolute atomic E-state index is 0.0330. The highest BCUT2D eigenvalue weighted by atomic mass is 16.7. The monoisotopic (exact) mass is 566 g/mol. The number of ketones is 2. The first-order valence-corrected chi connectivity index (χ1v) is 14.6. The number of carboxylic acids is 1. The van der Waals surface area contributed by atoms with Crippen molar-refractivity contribution in [2.24, 2.45) is 46.8 Å². The molecule has 5 aliphatic rings. The van der Waals surface area contributed by atoms with Gasteiger partial charge in [-0.1, -0.05) is 13.8 Å². The lowest BCUT2D eigenvalue weighted by atomic mass is 9.47. The zero-order valence-corrected chi connectivity index (χ0v) is 23.3. The molecule has 0 radical (unpaired) electrons. The summed E-state index contributed by atoms with van der Waals surface area (Å²) in [4.78, 5) is 50.1. The number of carbonyl (C=O) groups is 4. The van der Waals surface area contributed by atoms with E-state index in [0.717, 1.165) is 32.1 Å². The summed E-state index contributed by atoms with van der Waals surface area (Å²) in [6.07, 6.45) is -3.77. The summed E-state index contributed by atoms with van der Waals surface area (Å²) in [5.41, 5.74) is -0.522. The number of aliphatic hydroxyl groups is 3. The van der Waals surface area contributed by atoms with Crippen molar-refractivity contribution in [3.63, 3.8) is 0 Å². The standard InChI is InChI=1S/C29H42O11/c1-12-8-17-18-6-7-19(21(32)11-38-28-25(35)23(33)24(34)26(40-28)27(36)37)29(18,3)10-20(31)22(17)15-5-4-14(9-16(12)15)39-13(2)30/h12,14-19,22-26,28,33-35H,4-11H2,1-3H3,(H,36,37)/t12-,14+,15-,16-,17-,18-,19+,22+,23-,24-,25+,26-,28?,29-/m0/s1. The molecule has 1 saturated heterocycles. The third kappa shape index (κ3) is 5.02. The van der Waals surface area contributed by atoms with Crippen LogP contribution in [0.1, 0.15) is 65.7 Å². The van der Waals surface area contributed by atoms with Gasteiger partial charge in [-0.25, -0.2) is 4.79 Å². The van der Waals surface area contributed by atoms with Crippen LogP contribution in [0.5, 0.6) is 0 Å². The molecule has 5 rings (SSSR count). The van der Waals surface area contributed by atoms with Crippen molar-refractivity contribution < 1.29 is 53.8 Å². The van der Waals surface area contributed by atoms with Gasteiger partial charge in [-0.3, -0.25) is 14.4 Å². The number of hydrogen-bond donors (Lipinski definition) is 4. The molecule has 11 heteroatoms. The topological polar surface area (TPSA) is 177 Å². The van der Waals surface area contributed by atoms with Crippen molar-refractivity contribution in [2.45, 2.75) is 103 Å². The zero-order chi connectivity index (χ0) is 29.1. The number of aliphatic carboxylic acids is 1. The van der Waals surface area contributed by atoms with E-state index >= 15 is 0 Å². The SMILES string of the molecule is CC(=O)O[C@@H]1CC[C@H]2[C@@H](C1)[C@@H](C)C[C@@H]1[C@@H]2C(=O)C[C@]2(C)[C@@H](C(=O)COC3O[C@H](C(=O)O)[C@@H](O)[C@H](O)[C@H]3O)CC[C@@H]12. The predicted octanol–water partition coefficient (Wildman–Crippen LogP) is 1.09. The Morgan fingerprint density at radius 1 is 0.975 bits per heavy atom. The Balaban J connectivity index is 1.26. The van der Waals surface area contributed by atoms with Gasteiger partial charge in [0.05, 0.1) is 0 Å². The number of Topliss-reactive ketones (excluding diaryl/α,β-unsaturated/α-hetero) is 2. The number of esters is 1. The fraction of sp³-hybridized carbons (Fsp3) is 0.862. The van der Waals surface area contributed by atoms with Gasteiger partial charge in [0.1, 0.15) is 36.8 Å². The highest BCUT2D eigenvalue weighted by Gasteiger charge is 2.62. The lowest BCUT2D eigenvalue weighted by molar-refractivity contribution is -0.292. The molecule has 5 fully saturated rings. The number of aliphatic hydroxyl groups excluding tert-OH is 3. The molecular formula is C29H42O11. The first-order valence-electron chi connectivity index (χ1n) is 14.6. The van der Waals surface area contributed by atoms with E-state index in [4.69, 9.17) is 14.2 Å². The summed E-state index contributed by atoms with van der Waals surface area (Å²) in [5.74, 6) is -0.888. The molecule has 4 N–H and O–H groups in total. The van der Waals surface area contributed by atoms with Crippen molar-refractivity contribution >= 4 is 23.5 Å². The van der Waals surface area contributed by atoms with Crippen LogP contribution in [-0.4, -0.2) is 87.3 Å². The first kappa shape index (κ1) is 29.6. The summed E-state index contributed by atoms with van der Waals surface area (Å²) < 4.78 is 16.2. The van der Waals surface area contributed by atoms with Crippen molar-refractivity contribution in [1.29, 1.82) is 0 Å². The summed E-state index contributed by atoms with van der Waals surface area (Å²) in [5, 5.41) is 39.4.